The molecule has 1 aromatic heterocycles. The molecule has 4 aromatic carbocycles. The number of ether oxygens (including phenoxy) is 1. The summed E-state index contributed by atoms with van der Waals surface area (Å²) in [5.41, 5.74) is 14.6. The second-order valence-electron chi connectivity index (χ2n) is 14.8. The molecule has 6 nitrogen and oxygen atoms in total. The van der Waals surface area contributed by atoms with Gasteiger partial charge in [-0.05, 0) is 109 Å². The standard InChI is InChI=1S/C50H42ClO2.ClHO4/c51-49-39(30-38-24-15-29-45-48(38)44(35-18-7-2-8-19-35)33-46(52-45)36-20-9-3-10-21-36)25-13-26-40(49)31-41-27-14-28-42-43(34-16-5-1-6-17-34)32-47(53-50(41)42)37-22-11-4-12-23-37;2-1(3,4)5/h1-12,16-23,30-33H,13-15,24-29H2;(H,2,3,4,5)/q+1;/p-1/b38-30+,40-31+;. The van der Waals surface area contributed by atoms with Crippen LogP contribution in [0.3, 0.4) is 0 Å². The Balaban J connectivity index is 0.000000887. The van der Waals surface area contributed by atoms with Gasteiger partial charge in [0, 0.05) is 21.7 Å². The summed E-state index contributed by atoms with van der Waals surface area (Å²) in [5.74, 6) is 3.86. The SMILES string of the molecule is ClC1=C(/C=C2\CCCc3[o+]c(-c4ccccc4)cc(-c4ccccc4)c32)CCC/C1=C\C1=C2OC(c3ccccc3)=CC(c3ccccc3)=C2CCC1.[O-][Cl+3]([O-])([O-])[O-]. The van der Waals surface area contributed by atoms with Gasteiger partial charge in [0.15, 0.2) is 0 Å². The normalized spacial score (nSPS) is 18.3. The van der Waals surface area contributed by atoms with Gasteiger partial charge >= 0.3 is 11.5 Å². The molecule has 0 spiro atoms. The molecule has 5 aromatic rings. The van der Waals surface area contributed by atoms with E-state index in [-0.39, 0.29) is 0 Å². The highest BCUT2D eigenvalue weighted by atomic mass is 35.7. The Morgan fingerprint density at radius 3 is 1.74 bits per heavy atom. The van der Waals surface area contributed by atoms with Crippen LogP contribution < -0.4 is 18.6 Å². The third kappa shape index (κ3) is 9.19. The average molecular weight is 810 g/mol. The number of allylic oxidation sites excluding steroid dienone is 10. The number of benzene rings is 4. The average Bonchev–Trinajstić information content (AvgIpc) is 3.25. The summed E-state index contributed by atoms with van der Waals surface area (Å²) in [6.07, 6.45) is 16.0. The maximum Gasteiger partial charge on any atom is 0.360 e. The molecule has 0 amide bonds. The third-order valence-electron chi connectivity index (χ3n) is 10.9. The summed E-state index contributed by atoms with van der Waals surface area (Å²) >= 11 is 7.46. The number of hydrogen-bond donors (Lipinski definition) is 0. The van der Waals surface area contributed by atoms with Gasteiger partial charge in [-0.1, -0.05) is 133 Å². The van der Waals surface area contributed by atoms with Crippen molar-refractivity contribution < 1.29 is 38.0 Å². The van der Waals surface area contributed by atoms with E-state index in [4.69, 9.17) is 39.4 Å². The zero-order chi connectivity index (χ0) is 40.1. The molecule has 58 heavy (non-hydrogen) atoms. The van der Waals surface area contributed by atoms with E-state index in [2.05, 4.69) is 146 Å². The minimum Gasteiger partial charge on any atom is -0.456 e. The molecule has 3 aliphatic carbocycles. The van der Waals surface area contributed by atoms with E-state index in [1.54, 1.807) is 0 Å². The molecule has 0 atom stereocenters. The summed E-state index contributed by atoms with van der Waals surface area (Å²) in [6.45, 7) is 0. The highest BCUT2D eigenvalue weighted by molar-refractivity contribution is 6.32. The van der Waals surface area contributed by atoms with Crippen molar-refractivity contribution in [1.82, 2.24) is 0 Å². The lowest BCUT2D eigenvalue weighted by Crippen LogP contribution is -2.68. The predicted octanol–water partition coefficient (Wildman–Crippen LogP) is 9.42. The van der Waals surface area contributed by atoms with Crippen LogP contribution in [0.1, 0.15) is 73.8 Å². The molecule has 0 unspecified atom stereocenters. The van der Waals surface area contributed by atoms with E-state index in [0.717, 1.165) is 97.0 Å². The van der Waals surface area contributed by atoms with Crippen LogP contribution in [0.4, 0.5) is 0 Å². The molecule has 0 saturated carbocycles. The minimum absolute atomic E-state index is 0.886. The number of rotatable bonds is 6. The first kappa shape index (κ1) is 39.5. The van der Waals surface area contributed by atoms with E-state index in [9.17, 15) is 0 Å². The van der Waals surface area contributed by atoms with Gasteiger partial charge in [0.2, 0.25) is 0 Å². The van der Waals surface area contributed by atoms with Crippen molar-refractivity contribution in [3.05, 3.63) is 201 Å². The second kappa shape index (κ2) is 17.7. The lowest BCUT2D eigenvalue weighted by molar-refractivity contribution is -2.00. The van der Waals surface area contributed by atoms with Crippen molar-refractivity contribution in [2.45, 2.75) is 57.8 Å². The van der Waals surface area contributed by atoms with Gasteiger partial charge in [-0.2, -0.15) is 0 Å². The van der Waals surface area contributed by atoms with E-state index in [1.807, 2.05) is 0 Å². The van der Waals surface area contributed by atoms with Crippen LogP contribution in [-0.2, 0) is 11.2 Å². The van der Waals surface area contributed by atoms with Gasteiger partial charge in [-0.15, -0.1) is 10.2 Å². The Labute approximate surface area is 346 Å². The Morgan fingerprint density at radius 2 is 1.09 bits per heavy atom. The smallest absolute Gasteiger partial charge is 0.360 e. The van der Waals surface area contributed by atoms with Crippen molar-refractivity contribution >= 4 is 28.5 Å². The van der Waals surface area contributed by atoms with Crippen LogP contribution in [0.25, 0.3) is 39.4 Å². The molecular formula is C50H42Cl2O6. The van der Waals surface area contributed by atoms with E-state index < -0.39 is 10.2 Å². The van der Waals surface area contributed by atoms with Crippen molar-refractivity contribution in [1.29, 1.82) is 0 Å². The van der Waals surface area contributed by atoms with Crippen LogP contribution in [0, 0.1) is 10.2 Å². The molecule has 0 fully saturated rings. The van der Waals surface area contributed by atoms with Crippen molar-refractivity contribution in [2.75, 3.05) is 0 Å². The van der Waals surface area contributed by atoms with Gasteiger partial charge in [0.1, 0.15) is 11.5 Å². The molecule has 0 N–H and O–H groups in total. The highest BCUT2D eigenvalue weighted by Gasteiger charge is 2.32. The number of aryl methyl sites for hydroxylation is 1. The van der Waals surface area contributed by atoms with E-state index in [1.165, 1.54) is 55.7 Å². The zero-order valence-electron chi connectivity index (χ0n) is 31.9. The Morgan fingerprint density at radius 1 is 0.569 bits per heavy atom. The molecule has 0 bridgehead atoms. The first-order valence-corrected chi connectivity index (χ1v) is 21.3. The largest absolute Gasteiger partial charge is 0.456 e. The summed E-state index contributed by atoms with van der Waals surface area (Å²) in [5, 5.41) is 0.886. The van der Waals surface area contributed by atoms with Crippen LogP contribution in [0.15, 0.2) is 183 Å². The summed E-state index contributed by atoms with van der Waals surface area (Å²) in [4.78, 5) is 0. The molecule has 0 radical (unpaired) electrons. The summed E-state index contributed by atoms with van der Waals surface area (Å²) in [6, 6.07) is 44.6. The van der Waals surface area contributed by atoms with Crippen LogP contribution in [0.5, 0.6) is 0 Å². The second-order valence-corrected chi connectivity index (χ2v) is 15.9. The van der Waals surface area contributed by atoms with Crippen molar-refractivity contribution in [3.8, 4) is 22.5 Å². The van der Waals surface area contributed by atoms with E-state index >= 15 is 0 Å². The number of halogens is 2. The number of fused-ring (bicyclic) bond motifs is 2. The Bertz CT molecular complexity index is 2470. The Kier molecular flexibility index (Phi) is 12.0. The topological polar surface area (TPSA) is 113 Å². The fourth-order valence-corrected chi connectivity index (χ4v) is 8.65. The fourth-order valence-electron chi connectivity index (χ4n) is 8.36. The molecule has 0 saturated heterocycles. The van der Waals surface area contributed by atoms with Crippen LogP contribution >= 0.6 is 11.6 Å². The van der Waals surface area contributed by atoms with Gasteiger partial charge in [-0.3, -0.25) is 0 Å². The first-order valence-electron chi connectivity index (χ1n) is 19.7. The van der Waals surface area contributed by atoms with Crippen LogP contribution in [0.2, 0.25) is 0 Å². The third-order valence-corrected chi connectivity index (χ3v) is 11.4. The van der Waals surface area contributed by atoms with Gasteiger partial charge in [0.25, 0.3) is 0 Å². The molecule has 9 rings (SSSR count). The summed E-state index contributed by atoms with van der Waals surface area (Å²) in [7, 11) is -4.94. The maximum absolute atomic E-state index is 8.49. The quantitative estimate of drug-likeness (QED) is 0.158. The molecule has 8 heteroatoms. The first-order chi connectivity index (χ1) is 28.2. The number of hydrogen-bond acceptors (Lipinski definition) is 5. The van der Waals surface area contributed by atoms with Crippen molar-refractivity contribution in [2.24, 2.45) is 0 Å². The minimum atomic E-state index is -4.94. The summed E-state index contributed by atoms with van der Waals surface area (Å²) < 4.78 is 47.5. The zero-order valence-corrected chi connectivity index (χ0v) is 33.4. The fraction of sp³-hybridized carbons (Fsp3) is 0.180. The lowest BCUT2D eigenvalue weighted by Gasteiger charge is -2.30. The maximum atomic E-state index is 8.49. The molecular weight excluding hydrogens is 767 g/mol. The van der Waals surface area contributed by atoms with Crippen LogP contribution in [-0.4, -0.2) is 0 Å². The molecule has 4 aliphatic rings. The predicted molar refractivity (Wildman–Crippen MR) is 219 cm³/mol. The molecule has 2 heterocycles. The van der Waals surface area contributed by atoms with Crippen molar-refractivity contribution in [3.63, 3.8) is 0 Å². The van der Waals surface area contributed by atoms with Gasteiger partial charge in [-0.25, -0.2) is 23.1 Å². The monoisotopic (exact) mass is 808 g/mol. The molecule has 292 valence electrons. The van der Waals surface area contributed by atoms with Gasteiger partial charge < -0.3 is 4.74 Å². The lowest BCUT2D eigenvalue weighted by atomic mass is 9.82. The van der Waals surface area contributed by atoms with E-state index in [0.29, 0.717) is 0 Å². The van der Waals surface area contributed by atoms with Gasteiger partial charge in [0.05, 0.1) is 23.6 Å². The highest BCUT2D eigenvalue weighted by Crippen LogP contribution is 2.46. The molecule has 1 aliphatic heterocycles. The Hall–Kier alpha value is -5.31.